The van der Waals surface area contributed by atoms with Crippen molar-refractivity contribution < 1.29 is 9.53 Å². The molecule has 1 N–H and O–H groups in total. The van der Waals surface area contributed by atoms with Crippen LogP contribution in [0.25, 0.3) is 11.0 Å². The molecule has 3 rings (SSSR count). The van der Waals surface area contributed by atoms with Gasteiger partial charge in [-0.15, -0.1) is 0 Å². The molecule has 1 fully saturated rings. The van der Waals surface area contributed by atoms with E-state index in [4.69, 9.17) is 9.72 Å². The quantitative estimate of drug-likeness (QED) is 0.694. The van der Waals surface area contributed by atoms with Crippen molar-refractivity contribution in [3.8, 4) is 0 Å². The Bertz CT molecular complexity index is 763. The van der Waals surface area contributed by atoms with Crippen molar-refractivity contribution in [2.75, 3.05) is 19.8 Å². The third-order valence-corrected chi connectivity index (χ3v) is 4.52. The van der Waals surface area contributed by atoms with Crippen LogP contribution in [0.1, 0.15) is 75.0 Å². The van der Waals surface area contributed by atoms with E-state index in [9.17, 15) is 4.79 Å². The van der Waals surface area contributed by atoms with Gasteiger partial charge in [-0.1, -0.05) is 13.8 Å². The Kier molecular flexibility index (Phi) is 5.91. The lowest BCUT2D eigenvalue weighted by molar-refractivity contribution is 0.0926. The molecule has 26 heavy (non-hydrogen) atoms. The number of carbonyl (C=O) groups excluding carboxylic acids is 1. The first-order valence-corrected chi connectivity index (χ1v) is 9.71. The second-order valence-corrected chi connectivity index (χ2v) is 7.87. The number of amides is 1. The van der Waals surface area contributed by atoms with Crippen molar-refractivity contribution in [1.82, 2.24) is 20.1 Å². The van der Waals surface area contributed by atoms with E-state index in [2.05, 4.69) is 38.1 Å². The fourth-order valence-electron chi connectivity index (χ4n) is 2.98. The van der Waals surface area contributed by atoms with Crippen LogP contribution in [-0.2, 0) is 4.74 Å². The number of pyridine rings is 1. The van der Waals surface area contributed by atoms with Gasteiger partial charge in [-0.3, -0.25) is 4.79 Å². The highest BCUT2D eigenvalue weighted by Gasteiger charge is 2.28. The minimum atomic E-state index is -0.0496. The number of nitrogens with zero attached hydrogens (tertiary/aromatic N) is 3. The standard InChI is InChI=1S/C20H30N4O2/c1-13(2)12-26-9-5-8-21-20(25)16-10-18(15-6-7-15)23-19-17(16)11-22-24(19)14(3)4/h10-11,13-15H,5-9,12H2,1-4H3,(H,21,25). The molecular weight excluding hydrogens is 328 g/mol. The van der Waals surface area contributed by atoms with Crippen LogP contribution >= 0.6 is 0 Å². The fourth-order valence-corrected chi connectivity index (χ4v) is 2.98. The molecule has 0 spiro atoms. The topological polar surface area (TPSA) is 69.0 Å². The zero-order chi connectivity index (χ0) is 18.7. The molecule has 0 aromatic carbocycles. The summed E-state index contributed by atoms with van der Waals surface area (Å²) in [6.45, 7) is 10.5. The van der Waals surface area contributed by atoms with Gasteiger partial charge < -0.3 is 10.1 Å². The monoisotopic (exact) mass is 358 g/mol. The molecule has 0 saturated heterocycles. The minimum Gasteiger partial charge on any atom is -0.381 e. The molecule has 0 atom stereocenters. The molecular formula is C20H30N4O2. The van der Waals surface area contributed by atoms with Crippen LogP contribution in [-0.4, -0.2) is 40.4 Å². The lowest BCUT2D eigenvalue weighted by atomic mass is 10.1. The number of nitrogens with one attached hydrogen (secondary N) is 1. The molecule has 2 heterocycles. The van der Waals surface area contributed by atoms with Gasteiger partial charge in [-0.2, -0.15) is 5.10 Å². The van der Waals surface area contributed by atoms with Crippen molar-refractivity contribution >= 4 is 16.9 Å². The van der Waals surface area contributed by atoms with E-state index >= 15 is 0 Å². The Labute approximate surface area is 155 Å². The Hall–Kier alpha value is -1.95. The lowest BCUT2D eigenvalue weighted by Gasteiger charge is -2.11. The molecule has 1 saturated carbocycles. The molecule has 142 valence electrons. The number of ether oxygens (including phenoxy) is 1. The zero-order valence-electron chi connectivity index (χ0n) is 16.3. The molecule has 6 heteroatoms. The van der Waals surface area contributed by atoms with E-state index in [-0.39, 0.29) is 11.9 Å². The number of hydrogen-bond acceptors (Lipinski definition) is 4. The molecule has 2 aromatic rings. The summed E-state index contributed by atoms with van der Waals surface area (Å²) >= 11 is 0. The van der Waals surface area contributed by atoms with Crippen molar-refractivity contribution in [1.29, 1.82) is 0 Å². The number of rotatable bonds is 9. The number of hydrogen-bond donors (Lipinski definition) is 1. The maximum atomic E-state index is 12.8. The average molecular weight is 358 g/mol. The van der Waals surface area contributed by atoms with E-state index in [0.29, 0.717) is 30.6 Å². The Morgan fingerprint density at radius 3 is 2.77 bits per heavy atom. The smallest absolute Gasteiger partial charge is 0.252 e. The predicted molar refractivity (Wildman–Crippen MR) is 102 cm³/mol. The highest BCUT2D eigenvalue weighted by atomic mass is 16.5. The molecule has 1 aliphatic carbocycles. The molecule has 0 radical (unpaired) electrons. The summed E-state index contributed by atoms with van der Waals surface area (Å²) in [5, 5.41) is 8.30. The van der Waals surface area contributed by atoms with Crippen LogP contribution in [0, 0.1) is 5.92 Å². The highest BCUT2D eigenvalue weighted by Crippen LogP contribution is 2.40. The van der Waals surface area contributed by atoms with Gasteiger partial charge in [0.1, 0.15) is 0 Å². The van der Waals surface area contributed by atoms with Crippen molar-refractivity contribution in [3.63, 3.8) is 0 Å². The normalized spacial score (nSPS) is 14.5. The summed E-state index contributed by atoms with van der Waals surface area (Å²) in [5.41, 5.74) is 2.52. The van der Waals surface area contributed by atoms with Gasteiger partial charge in [0, 0.05) is 37.4 Å². The van der Waals surface area contributed by atoms with Crippen LogP contribution in [0.4, 0.5) is 0 Å². The van der Waals surface area contributed by atoms with E-state index in [1.165, 1.54) is 0 Å². The minimum absolute atomic E-state index is 0.0496. The SMILES string of the molecule is CC(C)COCCCNC(=O)c1cc(C2CC2)nc2c1cnn2C(C)C. The third-order valence-electron chi connectivity index (χ3n) is 4.52. The second kappa shape index (κ2) is 8.16. The first kappa shape index (κ1) is 18.8. The van der Waals surface area contributed by atoms with E-state index in [1.807, 2.05) is 10.7 Å². The van der Waals surface area contributed by atoms with Gasteiger partial charge in [-0.05, 0) is 45.1 Å². The van der Waals surface area contributed by atoms with E-state index in [0.717, 1.165) is 42.6 Å². The Balaban J connectivity index is 1.70. The molecule has 0 bridgehead atoms. The van der Waals surface area contributed by atoms with Crippen molar-refractivity contribution in [3.05, 3.63) is 23.5 Å². The summed E-state index contributed by atoms with van der Waals surface area (Å²) in [7, 11) is 0. The molecule has 2 aromatic heterocycles. The van der Waals surface area contributed by atoms with Crippen LogP contribution in [0.15, 0.2) is 12.3 Å². The molecule has 6 nitrogen and oxygen atoms in total. The highest BCUT2D eigenvalue weighted by molar-refractivity contribution is 6.05. The van der Waals surface area contributed by atoms with Gasteiger partial charge in [0.05, 0.1) is 17.1 Å². The van der Waals surface area contributed by atoms with Crippen molar-refractivity contribution in [2.45, 2.75) is 58.9 Å². The first-order valence-electron chi connectivity index (χ1n) is 9.71. The Morgan fingerprint density at radius 2 is 2.12 bits per heavy atom. The summed E-state index contributed by atoms with van der Waals surface area (Å²) in [5.74, 6) is 0.977. The number of fused-ring (bicyclic) bond motifs is 1. The number of aromatic nitrogens is 3. The summed E-state index contributed by atoms with van der Waals surface area (Å²) in [6, 6.07) is 2.17. The van der Waals surface area contributed by atoms with Gasteiger partial charge >= 0.3 is 0 Å². The largest absolute Gasteiger partial charge is 0.381 e. The van der Waals surface area contributed by atoms with Crippen molar-refractivity contribution in [2.24, 2.45) is 5.92 Å². The van der Waals surface area contributed by atoms with E-state index < -0.39 is 0 Å². The average Bonchev–Trinajstić information content (AvgIpc) is 3.35. The summed E-state index contributed by atoms with van der Waals surface area (Å²) in [6.07, 6.45) is 4.89. The lowest BCUT2D eigenvalue weighted by Crippen LogP contribution is -2.26. The number of carbonyl (C=O) groups is 1. The maximum Gasteiger partial charge on any atom is 0.252 e. The van der Waals surface area contributed by atoms with E-state index in [1.54, 1.807) is 6.20 Å². The van der Waals surface area contributed by atoms with Gasteiger partial charge in [0.2, 0.25) is 0 Å². The van der Waals surface area contributed by atoms with Gasteiger partial charge in [0.15, 0.2) is 5.65 Å². The molecule has 1 aliphatic rings. The van der Waals surface area contributed by atoms with Gasteiger partial charge in [0.25, 0.3) is 5.91 Å². The van der Waals surface area contributed by atoms with Crippen LogP contribution in [0.3, 0.4) is 0 Å². The van der Waals surface area contributed by atoms with Crippen LogP contribution < -0.4 is 5.32 Å². The zero-order valence-corrected chi connectivity index (χ0v) is 16.3. The third kappa shape index (κ3) is 4.41. The fraction of sp³-hybridized carbons (Fsp3) is 0.650. The second-order valence-electron chi connectivity index (χ2n) is 7.87. The first-order chi connectivity index (χ1) is 12.5. The predicted octanol–water partition coefficient (Wildman–Crippen LogP) is 3.68. The van der Waals surface area contributed by atoms with Crippen LogP contribution in [0.5, 0.6) is 0 Å². The maximum absolute atomic E-state index is 12.8. The van der Waals surface area contributed by atoms with Gasteiger partial charge in [-0.25, -0.2) is 9.67 Å². The summed E-state index contributed by atoms with van der Waals surface area (Å²) < 4.78 is 7.47. The molecule has 0 unspecified atom stereocenters. The Morgan fingerprint density at radius 1 is 1.35 bits per heavy atom. The van der Waals surface area contributed by atoms with Crippen LogP contribution in [0.2, 0.25) is 0 Å². The molecule has 1 amide bonds. The summed E-state index contributed by atoms with van der Waals surface area (Å²) in [4.78, 5) is 17.6. The molecule has 0 aliphatic heterocycles.